The van der Waals surface area contributed by atoms with E-state index in [1.54, 1.807) is 11.8 Å². The largest absolute Gasteiger partial charge is 0.463 e. The minimum Gasteiger partial charge on any atom is -0.463 e. The smallest absolute Gasteiger partial charge is 0.338 e. The molecule has 1 aliphatic heterocycles. The van der Waals surface area contributed by atoms with Gasteiger partial charge in [0.25, 0.3) is 0 Å². The second kappa shape index (κ2) is 15.0. The molecule has 7 heteroatoms. The molecule has 0 saturated heterocycles. The van der Waals surface area contributed by atoms with Gasteiger partial charge in [-0.1, -0.05) is 88.4 Å². The van der Waals surface area contributed by atoms with Gasteiger partial charge < -0.3 is 15.4 Å². The van der Waals surface area contributed by atoms with Gasteiger partial charge in [-0.15, -0.1) is 0 Å². The van der Waals surface area contributed by atoms with Crippen LogP contribution in [-0.2, 0) is 14.3 Å². The molecule has 0 radical (unpaired) electrons. The van der Waals surface area contributed by atoms with Crippen LogP contribution in [0, 0.1) is 0 Å². The number of benzene rings is 2. The molecule has 2 N–H and O–H groups in total. The Morgan fingerprint density at radius 2 is 1.58 bits per heavy atom. The van der Waals surface area contributed by atoms with Crippen LogP contribution >= 0.6 is 0 Å². The van der Waals surface area contributed by atoms with Gasteiger partial charge in [-0.25, -0.2) is 9.59 Å². The summed E-state index contributed by atoms with van der Waals surface area (Å²) in [4.78, 5) is 40.6. The lowest BCUT2D eigenvalue weighted by atomic mass is 9.91. The summed E-state index contributed by atoms with van der Waals surface area (Å²) in [7, 11) is 0. The molecule has 2 aromatic rings. The highest BCUT2D eigenvalue weighted by atomic mass is 16.5. The van der Waals surface area contributed by atoms with Crippen molar-refractivity contribution in [3.8, 4) is 0 Å². The van der Waals surface area contributed by atoms with Crippen molar-refractivity contribution in [3.63, 3.8) is 0 Å². The third-order valence-corrected chi connectivity index (χ3v) is 6.60. The zero-order chi connectivity index (χ0) is 27.3. The number of ether oxygens (including phenoxy) is 1. The number of nitrogens with one attached hydrogen (secondary N) is 2. The maximum atomic E-state index is 13.3. The minimum atomic E-state index is -0.683. The summed E-state index contributed by atoms with van der Waals surface area (Å²) in [6.45, 7) is 6.64. The van der Waals surface area contributed by atoms with E-state index in [0.717, 1.165) is 30.4 Å². The van der Waals surface area contributed by atoms with E-state index in [1.807, 2.05) is 61.5 Å². The molecule has 38 heavy (non-hydrogen) atoms. The highest BCUT2D eigenvalue weighted by Gasteiger charge is 2.38. The second-order valence-electron chi connectivity index (χ2n) is 9.57. The predicted octanol–water partition coefficient (Wildman–Crippen LogP) is 6.83. The molecule has 0 saturated carbocycles. The third-order valence-electron chi connectivity index (χ3n) is 6.60. The zero-order valence-corrected chi connectivity index (χ0v) is 22.9. The lowest BCUT2D eigenvalue weighted by molar-refractivity contribution is -0.139. The zero-order valence-electron chi connectivity index (χ0n) is 22.9. The average molecular weight is 520 g/mol. The molecule has 1 aliphatic rings. The van der Waals surface area contributed by atoms with Crippen LogP contribution in [0.1, 0.15) is 89.3 Å². The van der Waals surface area contributed by atoms with E-state index in [4.69, 9.17) is 4.74 Å². The lowest BCUT2D eigenvalue weighted by Crippen LogP contribution is -2.48. The molecule has 1 atom stereocenters. The summed E-state index contributed by atoms with van der Waals surface area (Å²) in [6.07, 6.45) is 8.02. The molecule has 1 heterocycles. The van der Waals surface area contributed by atoms with Gasteiger partial charge in [-0.2, -0.15) is 0 Å². The normalized spacial score (nSPS) is 15.3. The van der Waals surface area contributed by atoms with Gasteiger partial charge in [0.15, 0.2) is 0 Å². The van der Waals surface area contributed by atoms with Crippen molar-refractivity contribution in [1.82, 2.24) is 10.2 Å². The van der Waals surface area contributed by atoms with Crippen LogP contribution in [0.4, 0.5) is 10.5 Å². The van der Waals surface area contributed by atoms with Gasteiger partial charge >= 0.3 is 12.0 Å². The standard InChI is InChI=1S/C31H41N3O4/c1-4-7-8-9-10-14-17-26(35)32-25-20-18-23(19-21-25)28-27(30(36)38-6-3)29(24-15-12-11-13-16-24)34(22-5-2)31(37)33-28/h11-13,15-16,18-21,28H,4-10,14,17,22H2,1-3H3,(H,32,35)(H,33,37). The van der Waals surface area contributed by atoms with E-state index >= 15 is 0 Å². The fraction of sp³-hybridized carbons (Fsp3) is 0.452. The van der Waals surface area contributed by atoms with E-state index in [9.17, 15) is 14.4 Å². The minimum absolute atomic E-state index is 0.00658. The number of rotatable bonds is 14. The Morgan fingerprint density at radius 3 is 2.24 bits per heavy atom. The highest BCUT2D eigenvalue weighted by molar-refractivity contribution is 6.04. The first-order valence-electron chi connectivity index (χ1n) is 13.9. The molecular weight excluding hydrogens is 478 g/mol. The Kier molecular flexibility index (Phi) is 11.4. The van der Waals surface area contributed by atoms with Crippen LogP contribution in [0.3, 0.4) is 0 Å². The number of anilines is 1. The molecular formula is C31H41N3O4. The van der Waals surface area contributed by atoms with Crippen molar-refractivity contribution in [2.24, 2.45) is 0 Å². The summed E-state index contributed by atoms with van der Waals surface area (Å²) in [5.41, 5.74) is 3.16. The first-order chi connectivity index (χ1) is 18.5. The number of hydrogen-bond acceptors (Lipinski definition) is 4. The highest BCUT2D eigenvalue weighted by Crippen LogP contribution is 2.37. The number of amides is 3. The van der Waals surface area contributed by atoms with Gasteiger partial charge in [-0.05, 0) is 43.0 Å². The van der Waals surface area contributed by atoms with E-state index in [1.165, 1.54) is 25.7 Å². The van der Waals surface area contributed by atoms with Crippen LogP contribution in [0.15, 0.2) is 60.2 Å². The molecule has 204 valence electrons. The molecule has 0 aromatic heterocycles. The van der Waals surface area contributed by atoms with Crippen LogP contribution in [0.25, 0.3) is 5.70 Å². The van der Waals surface area contributed by atoms with Crippen LogP contribution in [-0.4, -0.2) is 36.0 Å². The van der Waals surface area contributed by atoms with Crippen molar-refractivity contribution in [2.75, 3.05) is 18.5 Å². The summed E-state index contributed by atoms with van der Waals surface area (Å²) in [5.74, 6) is -0.471. The summed E-state index contributed by atoms with van der Waals surface area (Å²) in [5, 5.41) is 5.96. The van der Waals surface area contributed by atoms with E-state index in [0.29, 0.717) is 29.9 Å². The first kappa shape index (κ1) is 29.0. The quantitative estimate of drug-likeness (QED) is 0.212. The average Bonchev–Trinajstić information content (AvgIpc) is 2.92. The number of hydrogen-bond donors (Lipinski definition) is 2. The molecule has 0 bridgehead atoms. The molecule has 0 aliphatic carbocycles. The number of carbonyl (C=O) groups is 3. The molecule has 1 unspecified atom stereocenters. The Hall–Kier alpha value is -3.61. The summed E-state index contributed by atoms with van der Waals surface area (Å²) < 4.78 is 5.46. The predicted molar refractivity (Wildman–Crippen MR) is 151 cm³/mol. The third kappa shape index (κ3) is 7.70. The topological polar surface area (TPSA) is 87.7 Å². The molecule has 2 aromatic carbocycles. The Balaban J connectivity index is 1.84. The molecule has 7 nitrogen and oxygen atoms in total. The van der Waals surface area contributed by atoms with Crippen molar-refractivity contribution < 1.29 is 19.1 Å². The lowest BCUT2D eigenvalue weighted by Gasteiger charge is -2.36. The van der Waals surface area contributed by atoms with Crippen molar-refractivity contribution >= 4 is 29.3 Å². The maximum Gasteiger partial charge on any atom is 0.338 e. The molecule has 3 amide bonds. The van der Waals surface area contributed by atoms with E-state index in [-0.39, 0.29) is 18.5 Å². The Bertz CT molecular complexity index is 1100. The summed E-state index contributed by atoms with van der Waals surface area (Å²) in [6, 6.07) is 15.8. The summed E-state index contributed by atoms with van der Waals surface area (Å²) >= 11 is 0. The number of urea groups is 1. The van der Waals surface area contributed by atoms with Crippen molar-refractivity contribution in [2.45, 2.75) is 78.2 Å². The van der Waals surface area contributed by atoms with Crippen molar-refractivity contribution in [1.29, 1.82) is 0 Å². The molecule has 0 fully saturated rings. The van der Waals surface area contributed by atoms with Crippen LogP contribution < -0.4 is 10.6 Å². The SMILES string of the molecule is CCCCCCCCC(=O)Nc1ccc(C2NC(=O)N(CCC)C(c3ccccc3)=C2C(=O)OCC)cc1. The second-order valence-corrected chi connectivity index (χ2v) is 9.57. The molecule has 0 spiro atoms. The fourth-order valence-electron chi connectivity index (χ4n) is 4.72. The molecule has 3 rings (SSSR count). The maximum absolute atomic E-state index is 13.3. The Labute approximate surface area is 226 Å². The van der Waals surface area contributed by atoms with Crippen LogP contribution in [0.2, 0.25) is 0 Å². The first-order valence-corrected chi connectivity index (χ1v) is 13.9. The van der Waals surface area contributed by atoms with Gasteiger partial charge in [0.05, 0.1) is 23.9 Å². The number of carbonyl (C=O) groups excluding carboxylic acids is 3. The van der Waals surface area contributed by atoms with Gasteiger partial charge in [0, 0.05) is 18.7 Å². The van der Waals surface area contributed by atoms with Gasteiger partial charge in [0.1, 0.15) is 0 Å². The number of unbranched alkanes of at least 4 members (excludes halogenated alkanes) is 5. The van der Waals surface area contributed by atoms with E-state index < -0.39 is 12.0 Å². The van der Waals surface area contributed by atoms with Gasteiger partial charge in [0.2, 0.25) is 5.91 Å². The van der Waals surface area contributed by atoms with Gasteiger partial charge in [-0.3, -0.25) is 9.69 Å². The number of esters is 1. The van der Waals surface area contributed by atoms with Crippen molar-refractivity contribution in [3.05, 3.63) is 71.3 Å². The Morgan fingerprint density at radius 1 is 0.895 bits per heavy atom. The fourth-order valence-corrected chi connectivity index (χ4v) is 4.72. The van der Waals surface area contributed by atoms with E-state index in [2.05, 4.69) is 17.6 Å². The monoisotopic (exact) mass is 519 g/mol. The van der Waals surface area contributed by atoms with Crippen LogP contribution in [0.5, 0.6) is 0 Å². The number of nitrogens with zero attached hydrogens (tertiary/aromatic N) is 1.